The fourth-order valence-corrected chi connectivity index (χ4v) is 5.86. The minimum atomic E-state index is -4.75. The Kier molecular flexibility index (Phi) is 11.3. The Morgan fingerprint density at radius 2 is 1.60 bits per heavy atom. The first-order valence-corrected chi connectivity index (χ1v) is 15.5. The van der Waals surface area contributed by atoms with E-state index in [0.29, 0.717) is 27.5 Å². The first-order valence-electron chi connectivity index (χ1n) is 13.7. The van der Waals surface area contributed by atoms with E-state index < -0.39 is 46.2 Å². The summed E-state index contributed by atoms with van der Waals surface area (Å²) in [6, 6.07) is 15.2. The molecule has 0 radical (unpaired) electrons. The minimum Gasteiger partial charge on any atom is -0.354 e. The number of nitrogens with zero attached hydrogens (tertiary/aromatic N) is 2. The lowest BCUT2D eigenvalue weighted by molar-refractivity contribution is -0.140. The molecule has 0 saturated carbocycles. The predicted octanol–water partition coefficient (Wildman–Crippen LogP) is 6.44. The van der Waals surface area contributed by atoms with Gasteiger partial charge in [-0.15, -0.1) is 0 Å². The molecule has 0 aromatic heterocycles. The summed E-state index contributed by atoms with van der Waals surface area (Å²) < 4.78 is 69.3. The van der Waals surface area contributed by atoms with E-state index in [2.05, 4.69) is 5.32 Å². The molecule has 0 unspecified atom stereocenters. The highest BCUT2D eigenvalue weighted by Gasteiger charge is 2.36. The monoisotopic (exact) mass is 637 g/mol. The van der Waals surface area contributed by atoms with E-state index in [1.165, 1.54) is 23.1 Å². The highest BCUT2D eigenvalue weighted by atomic mass is 35.5. The smallest absolute Gasteiger partial charge is 0.354 e. The van der Waals surface area contributed by atoms with Crippen molar-refractivity contribution in [1.82, 2.24) is 10.2 Å². The number of halogens is 4. The third-order valence-electron chi connectivity index (χ3n) is 6.69. The summed E-state index contributed by atoms with van der Waals surface area (Å²) in [6.45, 7) is 6.76. The van der Waals surface area contributed by atoms with Crippen LogP contribution >= 0.6 is 11.6 Å². The number of nitrogens with one attached hydrogen (secondary N) is 1. The van der Waals surface area contributed by atoms with Gasteiger partial charge in [0.2, 0.25) is 11.8 Å². The van der Waals surface area contributed by atoms with Gasteiger partial charge in [-0.2, -0.15) is 13.2 Å². The number of carbonyl (C=O) groups excluding carboxylic acids is 2. The van der Waals surface area contributed by atoms with Gasteiger partial charge in [-0.25, -0.2) is 8.42 Å². The van der Waals surface area contributed by atoms with Crippen molar-refractivity contribution < 1.29 is 31.2 Å². The van der Waals surface area contributed by atoms with Crippen LogP contribution in [-0.2, 0) is 32.3 Å². The van der Waals surface area contributed by atoms with Crippen LogP contribution in [0.15, 0.2) is 77.7 Å². The Bertz CT molecular complexity index is 1510. The number of anilines is 1. The highest BCUT2D eigenvalue weighted by Crippen LogP contribution is 2.33. The Hall–Kier alpha value is -3.57. The number of sulfonamides is 1. The number of carbonyl (C=O) groups is 2. The van der Waals surface area contributed by atoms with Crippen molar-refractivity contribution in [2.45, 2.75) is 57.8 Å². The van der Waals surface area contributed by atoms with Gasteiger partial charge in [0.05, 0.1) is 16.1 Å². The van der Waals surface area contributed by atoms with Crippen molar-refractivity contribution in [2.24, 2.45) is 5.92 Å². The first-order chi connectivity index (χ1) is 20.1. The summed E-state index contributed by atoms with van der Waals surface area (Å²) in [6.07, 6.45) is -4.54. The fourth-order valence-electron chi connectivity index (χ4n) is 4.33. The first kappa shape index (κ1) is 33.9. The number of hydrogen-bond acceptors (Lipinski definition) is 4. The lowest BCUT2D eigenvalue weighted by atomic mass is 10.1. The summed E-state index contributed by atoms with van der Waals surface area (Å²) in [5.41, 5.74) is -0.0144. The zero-order valence-electron chi connectivity index (χ0n) is 24.4. The van der Waals surface area contributed by atoms with Crippen molar-refractivity contribution >= 4 is 39.1 Å². The van der Waals surface area contributed by atoms with E-state index in [4.69, 9.17) is 11.6 Å². The Morgan fingerprint density at radius 1 is 0.977 bits per heavy atom. The van der Waals surface area contributed by atoms with Crippen LogP contribution in [0.3, 0.4) is 0 Å². The van der Waals surface area contributed by atoms with Crippen LogP contribution in [0, 0.1) is 12.8 Å². The normalized spacial score (nSPS) is 12.6. The SMILES string of the molecule is CC[C@H](C(=O)NCC(C)C)N(Cc1ccc(Cl)cc1)C(=O)CN(c1cccc(C(F)(F)F)c1)S(=O)(=O)c1ccc(C)cc1. The Labute approximate surface area is 255 Å². The number of alkyl halides is 3. The largest absolute Gasteiger partial charge is 0.416 e. The predicted molar refractivity (Wildman–Crippen MR) is 161 cm³/mol. The van der Waals surface area contributed by atoms with Gasteiger partial charge in [0, 0.05) is 18.1 Å². The molecule has 0 heterocycles. The third kappa shape index (κ3) is 8.96. The molecule has 0 bridgehead atoms. The number of hydrogen-bond donors (Lipinski definition) is 1. The zero-order chi connectivity index (χ0) is 31.9. The van der Waals surface area contributed by atoms with E-state index in [-0.39, 0.29) is 29.5 Å². The maximum Gasteiger partial charge on any atom is 0.416 e. The topological polar surface area (TPSA) is 86.8 Å². The number of rotatable bonds is 12. The molecule has 0 fully saturated rings. The molecule has 3 aromatic carbocycles. The molecule has 2 amide bonds. The van der Waals surface area contributed by atoms with Gasteiger partial charge in [-0.05, 0) is 67.3 Å². The summed E-state index contributed by atoms with van der Waals surface area (Å²) >= 11 is 6.02. The maximum absolute atomic E-state index is 14.0. The quantitative estimate of drug-likeness (QED) is 0.248. The lowest BCUT2D eigenvalue weighted by Gasteiger charge is -2.33. The number of benzene rings is 3. The van der Waals surface area contributed by atoms with Crippen LogP contribution in [-0.4, -0.2) is 44.3 Å². The molecule has 0 aliphatic rings. The van der Waals surface area contributed by atoms with Gasteiger partial charge in [-0.3, -0.25) is 13.9 Å². The molecule has 232 valence electrons. The van der Waals surface area contributed by atoms with Crippen LogP contribution < -0.4 is 9.62 Å². The van der Waals surface area contributed by atoms with Crippen molar-refractivity contribution in [2.75, 3.05) is 17.4 Å². The van der Waals surface area contributed by atoms with E-state index >= 15 is 0 Å². The van der Waals surface area contributed by atoms with Gasteiger partial charge in [0.25, 0.3) is 10.0 Å². The fraction of sp³-hybridized carbons (Fsp3) is 0.355. The summed E-state index contributed by atoms with van der Waals surface area (Å²) in [4.78, 5) is 28.3. The number of amides is 2. The minimum absolute atomic E-state index is 0.0649. The van der Waals surface area contributed by atoms with Gasteiger partial charge >= 0.3 is 6.18 Å². The molecule has 0 spiro atoms. The zero-order valence-corrected chi connectivity index (χ0v) is 25.9. The second kappa shape index (κ2) is 14.3. The van der Waals surface area contributed by atoms with E-state index in [9.17, 15) is 31.2 Å². The molecular formula is C31H35ClF3N3O4S. The molecule has 3 aromatic rings. The second-order valence-electron chi connectivity index (χ2n) is 10.6. The molecular weight excluding hydrogens is 603 g/mol. The van der Waals surface area contributed by atoms with Crippen LogP contribution in [0.5, 0.6) is 0 Å². The molecule has 0 aliphatic heterocycles. The van der Waals surface area contributed by atoms with Crippen LogP contribution in [0.4, 0.5) is 18.9 Å². The number of aryl methyl sites for hydroxylation is 1. The average molecular weight is 638 g/mol. The molecule has 1 atom stereocenters. The summed E-state index contributed by atoms with van der Waals surface area (Å²) in [5.74, 6) is -1.06. The van der Waals surface area contributed by atoms with Crippen LogP contribution in [0.2, 0.25) is 5.02 Å². The van der Waals surface area contributed by atoms with Gasteiger partial charge < -0.3 is 10.2 Å². The molecule has 43 heavy (non-hydrogen) atoms. The van der Waals surface area contributed by atoms with Gasteiger partial charge in [-0.1, -0.05) is 68.3 Å². The highest BCUT2D eigenvalue weighted by molar-refractivity contribution is 7.92. The van der Waals surface area contributed by atoms with E-state index in [0.717, 1.165) is 17.7 Å². The van der Waals surface area contributed by atoms with Gasteiger partial charge in [0.1, 0.15) is 12.6 Å². The standard InChI is InChI=1S/C31H35ClF3N3O4S/c1-5-28(30(40)36-18-21(2)3)37(19-23-11-13-25(32)14-12-23)29(39)20-38(26-8-6-7-24(17-26)31(33,34)35)43(41,42)27-15-9-22(4)10-16-27/h6-17,21,28H,5,18-20H2,1-4H3,(H,36,40)/t28-/m1/s1. The molecule has 1 N–H and O–H groups in total. The third-order valence-corrected chi connectivity index (χ3v) is 8.73. The summed E-state index contributed by atoms with van der Waals surface area (Å²) in [7, 11) is -4.51. The van der Waals surface area contributed by atoms with Crippen molar-refractivity contribution in [3.05, 3.63) is 94.5 Å². The Morgan fingerprint density at radius 3 is 2.16 bits per heavy atom. The molecule has 0 saturated heterocycles. The summed E-state index contributed by atoms with van der Waals surface area (Å²) in [5, 5.41) is 3.28. The average Bonchev–Trinajstić information content (AvgIpc) is 2.95. The van der Waals surface area contributed by atoms with Crippen LogP contribution in [0.1, 0.15) is 43.9 Å². The van der Waals surface area contributed by atoms with E-state index in [1.54, 1.807) is 50.2 Å². The van der Waals surface area contributed by atoms with Gasteiger partial charge in [0.15, 0.2) is 0 Å². The molecule has 12 heteroatoms. The maximum atomic E-state index is 14.0. The second-order valence-corrected chi connectivity index (χ2v) is 12.9. The lowest BCUT2D eigenvalue weighted by Crippen LogP contribution is -2.52. The van der Waals surface area contributed by atoms with Crippen LogP contribution in [0.25, 0.3) is 0 Å². The molecule has 0 aliphatic carbocycles. The van der Waals surface area contributed by atoms with Crippen molar-refractivity contribution in [3.63, 3.8) is 0 Å². The van der Waals surface area contributed by atoms with Crippen molar-refractivity contribution in [3.8, 4) is 0 Å². The Balaban J connectivity index is 2.10. The van der Waals surface area contributed by atoms with Crippen molar-refractivity contribution in [1.29, 1.82) is 0 Å². The molecule has 7 nitrogen and oxygen atoms in total. The molecule has 3 rings (SSSR count). The van der Waals surface area contributed by atoms with E-state index in [1.807, 2.05) is 13.8 Å².